The highest BCUT2D eigenvalue weighted by Crippen LogP contribution is 2.34. The number of hydrogen-bond acceptors (Lipinski definition) is 2. The molecule has 0 aromatic rings. The summed E-state index contributed by atoms with van der Waals surface area (Å²) in [6, 6.07) is 0. The number of likely N-dealkylation sites (tertiary alicyclic amines) is 1. The maximum Gasteiger partial charge on any atom is -0.00156 e. The summed E-state index contributed by atoms with van der Waals surface area (Å²) in [5, 5.41) is 3.47. The Labute approximate surface area is 107 Å². The summed E-state index contributed by atoms with van der Waals surface area (Å²) in [6.45, 7) is 13.7. The van der Waals surface area contributed by atoms with E-state index in [1.165, 1.54) is 58.4 Å². The van der Waals surface area contributed by atoms with Gasteiger partial charge in [0.1, 0.15) is 0 Å². The SMILES string of the molecule is CC(C)(C)C1CCN(CCC2CCNC2)CC1. The van der Waals surface area contributed by atoms with Crippen LogP contribution in [0.3, 0.4) is 0 Å². The molecule has 0 spiro atoms. The fourth-order valence-electron chi connectivity index (χ4n) is 3.35. The van der Waals surface area contributed by atoms with Gasteiger partial charge in [-0.15, -0.1) is 0 Å². The molecule has 100 valence electrons. The fraction of sp³-hybridized carbons (Fsp3) is 1.00. The molecule has 2 saturated heterocycles. The number of nitrogens with zero attached hydrogens (tertiary/aromatic N) is 1. The molecule has 1 atom stereocenters. The van der Waals surface area contributed by atoms with Crippen molar-refractivity contribution >= 4 is 0 Å². The first-order valence-corrected chi connectivity index (χ1v) is 7.49. The summed E-state index contributed by atoms with van der Waals surface area (Å²) >= 11 is 0. The van der Waals surface area contributed by atoms with E-state index in [4.69, 9.17) is 0 Å². The molecule has 1 N–H and O–H groups in total. The second-order valence-corrected chi connectivity index (χ2v) is 7.13. The summed E-state index contributed by atoms with van der Waals surface area (Å²) in [5.41, 5.74) is 0.515. The highest BCUT2D eigenvalue weighted by Gasteiger charge is 2.28. The molecule has 2 fully saturated rings. The molecule has 2 nitrogen and oxygen atoms in total. The monoisotopic (exact) mass is 238 g/mol. The molecule has 0 aromatic heterocycles. The molecular weight excluding hydrogens is 208 g/mol. The van der Waals surface area contributed by atoms with E-state index in [2.05, 4.69) is 31.0 Å². The maximum atomic E-state index is 3.47. The molecule has 0 amide bonds. The average molecular weight is 238 g/mol. The Balaban J connectivity index is 1.65. The van der Waals surface area contributed by atoms with Gasteiger partial charge in [0.2, 0.25) is 0 Å². The Morgan fingerprint density at radius 1 is 1.12 bits per heavy atom. The van der Waals surface area contributed by atoms with Crippen molar-refractivity contribution in [2.75, 3.05) is 32.7 Å². The van der Waals surface area contributed by atoms with Crippen molar-refractivity contribution in [1.82, 2.24) is 10.2 Å². The molecule has 2 heteroatoms. The summed E-state index contributed by atoms with van der Waals surface area (Å²) in [5.74, 6) is 1.89. The number of nitrogens with one attached hydrogen (secondary N) is 1. The third-order valence-corrected chi connectivity index (χ3v) is 4.83. The molecule has 1 unspecified atom stereocenters. The second kappa shape index (κ2) is 5.71. The van der Waals surface area contributed by atoms with Gasteiger partial charge in [-0.1, -0.05) is 20.8 Å². The van der Waals surface area contributed by atoms with Gasteiger partial charge < -0.3 is 10.2 Å². The Morgan fingerprint density at radius 2 is 1.82 bits per heavy atom. The van der Waals surface area contributed by atoms with Crippen molar-refractivity contribution in [2.24, 2.45) is 17.3 Å². The zero-order valence-corrected chi connectivity index (χ0v) is 12.0. The molecule has 0 aromatic carbocycles. The first-order valence-electron chi connectivity index (χ1n) is 7.49. The van der Waals surface area contributed by atoms with Crippen molar-refractivity contribution in [1.29, 1.82) is 0 Å². The van der Waals surface area contributed by atoms with Crippen LogP contribution in [0.1, 0.15) is 46.5 Å². The van der Waals surface area contributed by atoms with E-state index in [9.17, 15) is 0 Å². The first-order chi connectivity index (χ1) is 8.05. The van der Waals surface area contributed by atoms with Gasteiger partial charge in [-0.25, -0.2) is 0 Å². The minimum Gasteiger partial charge on any atom is -0.316 e. The van der Waals surface area contributed by atoms with E-state index in [0.29, 0.717) is 5.41 Å². The first kappa shape index (κ1) is 13.4. The van der Waals surface area contributed by atoms with Crippen molar-refractivity contribution in [3.05, 3.63) is 0 Å². The van der Waals surface area contributed by atoms with Crippen LogP contribution in [0.5, 0.6) is 0 Å². The Bertz CT molecular complexity index is 218. The van der Waals surface area contributed by atoms with Crippen molar-refractivity contribution in [3.63, 3.8) is 0 Å². The molecule has 0 saturated carbocycles. The van der Waals surface area contributed by atoms with Gasteiger partial charge in [-0.2, -0.15) is 0 Å². The molecule has 0 radical (unpaired) electrons. The number of rotatable bonds is 3. The minimum atomic E-state index is 0.515. The molecule has 0 aliphatic carbocycles. The maximum absolute atomic E-state index is 3.47. The molecule has 2 heterocycles. The van der Waals surface area contributed by atoms with Crippen molar-refractivity contribution < 1.29 is 0 Å². The van der Waals surface area contributed by atoms with Crippen LogP contribution in [0.25, 0.3) is 0 Å². The van der Waals surface area contributed by atoms with Crippen LogP contribution in [0.4, 0.5) is 0 Å². The lowest BCUT2D eigenvalue weighted by Crippen LogP contribution is -2.38. The minimum absolute atomic E-state index is 0.515. The standard InChI is InChI=1S/C15H30N2/c1-15(2,3)14-6-10-17(11-7-14)9-5-13-4-8-16-12-13/h13-14,16H,4-12H2,1-3H3. The number of piperidine rings is 1. The van der Waals surface area contributed by atoms with Crippen LogP contribution >= 0.6 is 0 Å². The highest BCUT2D eigenvalue weighted by atomic mass is 15.1. The van der Waals surface area contributed by atoms with Gasteiger partial charge in [-0.05, 0) is 75.7 Å². The smallest absolute Gasteiger partial charge is 0.00156 e. The molecule has 2 aliphatic rings. The summed E-state index contributed by atoms with van der Waals surface area (Å²) in [4.78, 5) is 2.70. The van der Waals surface area contributed by atoms with Crippen LogP contribution in [-0.4, -0.2) is 37.6 Å². The van der Waals surface area contributed by atoms with E-state index in [1.807, 2.05) is 0 Å². The predicted octanol–water partition coefficient (Wildman–Crippen LogP) is 2.74. The van der Waals surface area contributed by atoms with Crippen LogP contribution in [0.2, 0.25) is 0 Å². The predicted molar refractivity (Wildman–Crippen MR) is 74.2 cm³/mol. The summed E-state index contributed by atoms with van der Waals surface area (Å²) in [6.07, 6.45) is 5.63. The quantitative estimate of drug-likeness (QED) is 0.813. The highest BCUT2D eigenvalue weighted by molar-refractivity contribution is 4.81. The van der Waals surface area contributed by atoms with E-state index in [0.717, 1.165) is 11.8 Å². The summed E-state index contributed by atoms with van der Waals surface area (Å²) in [7, 11) is 0. The largest absolute Gasteiger partial charge is 0.316 e. The summed E-state index contributed by atoms with van der Waals surface area (Å²) < 4.78 is 0. The van der Waals surface area contributed by atoms with Crippen LogP contribution in [-0.2, 0) is 0 Å². The Hall–Kier alpha value is -0.0800. The molecular formula is C15H30N2. The Kier molecular flexibility index (Phi) is 4.48. The van der Waals surface area contributed by atoms with Crippen LogP contribution in [0, 0.1) is 17.3 Å². The van der Waals surface area contributed by atoms with E-state index >= 15 is 0 Å². The lowest BCUT2D eigenvalue weighted by molar-refractivity contribution is 0.108. The van der Waals surface area contributed by atoms with Crippen LogP contribution < -0.4 is 5.32 Å². The van der Waals surface area contributed by atoms with Gasteiger partial charge in [0.05, 0.1) is 0 Å². The average Bonchev–Trinajstić information content (AvgIpc) is 2.78. The fourth-order valence-corrected chi connectivity index (χ4v) is 3.35. The lowest BCUT2D eigenvalue weighted by atomic mass is 9.75. The molecule has 0 bridgehead atoms. The van der Waals surface area contributed by atoms with Gasteiger partial charge in [0.15, 0.2) is 0 Å². The van der Waals surface area contributed by atoms with Gasteiger partial charge in [0.25, 0.3) is 0 Å². The van der Waals surface area contributed by atoms with Gasteiger partial charge >= 0.3 is 0 Å². The molecule has 2 aliphatic heterocycles. The van der Waals surface area contributed by atoms with Crippen molar-refractivity contribution in [3.8, 4) is 0 Å². The van der Waals surface area contributed by atoms with Crippen LogP contribution in [0.15, 0.2) is 0 Å². The van der Waals surface area contributed by atoms with E-state index < -0.39 is 0 Å². The third kappa shape index (κ3) is 3.96. The Morgan fingerprint density at radius 3 is 2.35 bits per heavy atom. The topological polar surface area (TPSA) is 15.3 Å². The van der Waals surface area contributed by atoms with E-state index in [1.54, 1.807) is 0 Å². The molecule has 17 heavy (non-hydrogen) atoms. The lowest BCUT2D eigenvalue weighted by Gasteiger charge is -2.39. The third-order valence-electron chi connectivity index (χ3n) is 4.83. The van der Waals surface area contributed by atoms with Crippen molar-refractivity contribution in [2.45, 2.75) is 46.5 Å². The number of hydrogen-bond donors (Lipinski definition) is 1. The van der Waals surface area contributed by atoms with E-state index in [-0.39, 0.29) is 0 Å². The van der Waals surface area contributed by atoms with Gasteiger partial charge in [0, 0.05) is 0 Å². The zero-order valence-electron chi connectivity index (χ0n) is 12.0. The molecule has 2 rings (SSSR count). The second-order valence-electron chi connectivity index (χ2n) is 7.13. The van der Waals surface area contributed by atoms with Gasteiger partial charge in [-0.3, -0.25) is 0 Å². The zero-order chi connectivity index (χ0) is 12.3. The normalized spacial score (nSPS) is 28.8.